The van der Waals surface area contributed by atoms with Crippen molar-refractivity contribution in [3.63, 3.8) is 0 Å². The molecular formula is C28H23BrCl2N2O5. The van der Waals surface area contributed by atoms with Crippen molar-refractivity contribution in [1.82, 2.24) is 5.32 Å². The summed E-state index contributed by atoms with van der Waals surface area (Å²) in [6, 6.07) is 13.0. The monoisotopic (exact) mass is 616 g/mol. The largest absolute Gasteiger partial charge is 0.490 e. The highest BCUT2D eigenvalue weighted by molar-refractivity contribution is 9.10. The Morgan fingerprint density at radius 2 is 1.79 bits per heavy atom. The van der Waals surface area contributed by atoms with Crippen LogP contribution in [0.2, 0.25) is 10.0 Å². The van der Waals surface area contributed by atoms with Gasteiger partial charge in [-0.05, 0) is 89.8 Å². The summed E-state index contributed by atoms with van der Waals surface area (Å²) >= 11 is 15.8. The number of aryl methyl sites for hydroxylation is 1. The van der Waals surface area contributed by atoms with Gasteiger partial charge in [-0.15, -0.1) is 0 Å². The Morgan fingerprint density at radius 3 is 2.50 bits per heavy atom. The van der Waals surface area contributed by atoms with Crippen LogP contribution in [-0.2, 0) is 16.2 Å². The van der Waals surface area contributed by atoms with Crippen molar-refractivity contribution in [2.24, 2.45) is 0 Å². The lowest BCUT2D eigenvalue weighted by Gasteiger charge is -2.28. The van der Waals surface area contributed by atoms with Crippen LogP contribution in [0.5, 0.6) is 11.5 Å². The Morgan fingerprint density at radius 1 is 1.03 bits per heavy atom. The molecule has 1 aliphatic heterocycles. The number of ether oxygens (including phenoxy) is 2. The number of rotatable bonds is 7. The molecule has 1 heterocycles. The molecule has 1 saturated heterocycles. The van der Waals surface area contributed by atoms with Gasteiger partial charge in [0, 0.05) is 15.6 Å². The van der Waals surface area contributed by atoms with Crippen LogP contribution >= 0.6 is 39.1 Å². The van der Waals surface area contributed by atoms with Crippen molar-refractivity contribution in [2.45, 2.75) is 27.4 Å². The first-order chi connectivity index (χ1) is 18.1. The molecule has 0 saturated carbocycles. The second kappa shape index (κ2) is 11.6. The van der Waals surface area contributed by atoms with E-state index in [9.17, 15) is 14.4 Å². The Labute approximate surface area is 238 Å². The standard InChI is InChI=1S/C28H23BrCl2N2O5/c1-4-37-24-12-17(11-21(29)25(24)38-14-18-8-9-19(30)13-22(18)31)10-20-26(34)32-28(36)33(27(20)35)23-7-5-6-15(2)16(23)3/h5-13H,4,14H2,1-3H3,(H,32,34,36)/b20-10+. The fourth-order valence-electron chi connectivity index (χ4n) is 3.88. The lowest BCUT2D eigenvalue weighted by atomic mass is 10.0. The summed E-state index contributed by atoms with van der Waals surface area (Å²) in [5.74, 6) is -0.691. The van der Waals surface area contributed by atoms with Crippen LogP contribution < -0.4 is 19.7 Å². The number of anilines is 1. The summed E-state index contributed by atoms with van der Waals surface area (Å²) in [7, 11) is 0. The van der Waals surface area contributed by atoms with Crippen LogP contribution in [0.25, 0.3) is 6.08 Å². The number of imide groups is 2. The molecule has 7 nitrogen and oxygen atoms in total. The molecule has 0 spiro atoms. The Balaban J connectivity index is 1.68. The van der Waals surface area contributed by atoms with E-state index in [1.165, 1.54) is 6.08 Å². The second-order valence-electron chi connectivity index (χ2n) is 8.46. The average molecular weight is 618 g/mol. The summed E-state index contributed by atoms with van der Waals surface area (Å²) < 4.78 is 12.3. The molecule has 0 unspecified atom stereocenters. The molecule has 0 bridgehead atoms. The molecule has 0 aliphatic carbocycles. The number of hydrogen-bond acceptors (Lipinski definition) is 5. The van der Waals surface area contributed by atoms with E-state index >= 15 is 0 Å². The van der Waals surface area contributed by atoms with Crippen molar-refractivity contribution in [1.29, 1.82) is 0 Å². The number of halogens is 3. The van der Waals surface area contributed by atoms with Gasteiger partial charge in [0.1, 0.15) is 12.2 Å². The normalized spacial score (nSPS) is 14.6. The molecule has 0 aromatic heterocycles. The van der Waals surface area contributed by atoms with E-state index < -0.39 is 17.8 Å². The maximum absolute atomic E-state index is 13.4. The van der Waals surface area contributed by atoms with Crippen LogP contribution in [0, 0.1) is 13.8 Å². The van der Waals surface area contributed by atoms with Gasteiger partial charge < -0.3 is 9.47 Å². The predicted octanol–water partition coefficient (Wildman–Crippen LogP) is 7.02. The van der Waals surface area contributed by atoms with Crippen LogP contribution in [0.15, 0.2) is 58.6 Å². The molecule has 1 N–H and O–H groups in total. The number of amides is 4. The first-order valence-corrected chi connectivity index (χ1v) is 13.2. The fraction of sp³-hybridized carbons (Fsp3) is 0.179. The summed E-state index contributed by atoms with van der Waals surface area (Å²) in [5, 5.41) is 3.25. The number of nitrogens with one attached hydrogen (secondary N) is 1. The maximum atomic E-state index is 13.4. The highest BCUT2D eigenvalue weighted by Gasteiger charge is 2.37. The van der Waals surface area contributed by atoms with Crippen molar-refractivity contribution < 1.29 is 23.9 Å². The predicted molar refractivity (Wildman–Crippen MR) is 151 cm³/mol. The van der Waals surface area contributed by atoms with E-state index in [0.29, 0.717) is 43.9 Å². The summed E-state index contributed by atoms with van der Waals surface area (Å²) in [4.78, 5) is 39.7. The van der Waals surface area contributed by atoms with Crippen molar-refractivity contribution >= 4 is 68.7 Å². The number of barbiturate groups is 1. The van der Waals surface area contributed by atoms with Gasteiger partial charge in [-0.2, -0.15) is 0 Å². The first kappa shape index (κ1) is 27.7. The van der Waals surface area contributed by atoms with Crippen LogP contribution in [0.4, 0.5) is 10.5 Å². The molecular weight excluding hydrogens is 595 g/mol. The topological polar surface area (TPSA) is 84.9 Å². The Bertz CT molecular complexity index is 1490. The van der Waals surface area contributed by atoms with Crippen LogP contribution in [-0.4, -0.2) is 24.5 Å². The van der Waals surface area contributed by atoms with Gasteiger partial charge >= 0.3 is 6.03 Å². The van der Waals surface area contributed by atoms with E-state index in [1.807, 2.05) is 26.8 Å². The van der Waals surface area contributed by atoms with Gasteiger partial charge in [0.05, 0.1) is 16.8 Å². The Kier molecular flexibility index (Phi) is 8.45. The summed E-state index contributed by atoms with van der Waals surface area (Å²) in [5.41, 5.74) is 3.11. The lowest BCUT2D eigenvalue weighted by molar-refractivity contribution is -0.122. The zero-order valence-corrected chi connectivity index (χ0v) is 23.8. The number of benzene rings is 3. The van der Waals surface area contributed by atoms with Gasteiger partial charge in [0.15, 0.2) is 11.5 Å². The fourth-order valence-corrected chi connectivity index (χ4v) is 4.92. The molecule has 3 aromatic rings. The number of hydrogen-bond donors (Lipinski definition) is 1. The molecule has 0 atom stereocenters. The molecule has 196 valence electrons. The van der Waals surface area contributed by atoms with Crippen molar-refractivity contribution in [3.05, 3.63) is 90.9 Å². The Hall–Kier alpha value is -3.33. The van der Waals surface area contributed by atoms with E-state index in [1.54, 1.807) is 42.5 Å². The molecule has 1 aliphatic rings. The minimum absolute atomic E-state index is 0.156. The van der Waals surface area contributed by atoms with Gasteiger partial charge in [-0.3, -0.25) is 14.9 Å². The SMILES string of the molecule is CCOc1cc(/C=C2\C(=O)NC(=O)N(c3cccc(C)c3C)C2=O)cc(Br)c1OCc1ccc(Cl)cc1Cl. The number of carbonyl (C=O) groups is 3. The van der Waals surface area contributed by atoms with E-state index in [-0.39, 0.29) is 12.2 Å². The highest BCUT2D eigenvalue weighted by Crippen LogP contribution is 2.39. The third-order valence-electron chi connectivity index (χ3n) is 5.95. The minimum Gasteiger partial charge on any atom is -0.490 e. The minimum atomic E-state index is -0.799. The van der Waals surface area contributed by atoms with Gasteiger partial charge in [-0.1, -0.05) is 41.4 Å². The molecule has 10 heteroatoms. The zero-order chi connectivity index (χ0) is 27.6. The van der Waals surface area contributed by atoms with E-state index in [0.717, 1.165) is 21.6 Å². The lowest BCUT2D eigenvalue weighted by Crippen LogP contribution is -2.54. The molecule has 4 amide bonds. The van der Waals surface area contributed by atoms with E-state index in [4.69, 9.17) is 32.7 Å². The third kappa shape index (κ3) is 5.72. The zero-order valence-electron chi connectivity index (χ0n) is 20.7. The molecule has 0 radical (unpaired) electrons. The van der Waals surface area contributed by atoms with Gasteiger partial charge in [-0.25, -0.2) is 9.69 Å². The van der Waals surface area contributed by atoms with Gasteiger partial charge in [0.2, 0.25) is 0 Å². The molecule has 4 rings (SSSR count). The van der Waals surface area contributed by atoms with Crippen LogP contribution in [0.1, 0.15) is 29.2 Å². The number of urea groups is 1. The third-order valence-corrected chi connectivity index (χ3v) is 7.12. The first-order valence-electron chi connectivity index (χ1n) is 11.6. The van der Waals surface area contributed by atoms with Gasteiger partial charge in [0.25, 0.3) is 11.8 Å². The molecule has 1 fully saturated rings. The average Bonchev–Trinajstić information content (AvgIpc) is 2.85. The smallest absolute Gasteiger partial charge is 0.335 e. The van der Waals surface area contributed by atoms with E-state index in [2.05, 4.69) is 21.2 Å². The highest BCUT2D eigenvalue weighted by atomic mass is 79.9. The molecule has 3 aromatic carbocycles. The quantitative estimate of drug-likeness (QED) is 0.228. The molecule has 38 heavy (non-hydrogen) atoms. The second-order valence-corrected chi connectivity index (χ2v) is 10.2. The van der Waals surface area contributed by atoms with Crippen molar-refractivity contribution in [3.8, 4) is 11.5 Å². The number of nitrogens with zero attached hydrogens (tertiary/aromatic N) is 1. The number of carbonyl (C=O) groups excluding carboxylic acids is 3. The maximum Gasteiger partial charge on any atom is 0.335 e. The summed E-state index contributed by atoms with van der Waals surface area (Å²) in [6.07, 6.45) is 1.41. The summed E-state index contributed by atoms with van der Waals surface area (Å²) in [6.45, 7) is 6.02. The van der Waals surface area contributed by atoms with Crippen molar-refractivity contribution in [2.75, 3.05) is 11.5 Å². The van der Waals surface area contributed by atoms with Crippen LogP contribution in [0.3, 0.4) is 0 Å².